The molecule has 0 aliphatic carbocycles. The number of nitrogens with zero attached hydrogens (tertiary/aromatic N) is 2. The first-order chi connectivity index (χ1) is 10.8. The number of aromatic nitrogens is 2. The number of benzene rings is 2. The van der Waals surface area contributed by atoms with Crippen LogP contribution in [0.3, 0.4) is 0 Å². The largest absolute Gasteiger partial charge is 0.328 e. The molecule has 3 rings (SSSR count). The third kappa shape index (κ3) is 2.68. The van der Waals surface area contributed by atoms with Crippen LogP contribution in [0.5, 0.6) is 0 Å². The minimum Gasteiger partial charge on any atom is -0.295 e. The molecule has 0 bridgehead atoms. The molecule has 2 aromatic carbocycles. The topological polar surface area (TPSA) is 73.1 Å². The molecular formula is C15H14BrN3O3S. The Balaban J connectivity index is 2.10. The van der Waals surface area contributed by atoms with Crippen LogP contribution in [0.2, 0.25) is 0 Å². The lowest BCUT2D eigenvalue weighted by molar-refractivity contribution is 0.601. The summed E-state index contributed by atoms with van der Waals surface area (Å²) in [7, 11) is -0.488. The predicted molar refractivity (Wildman–Crippen MR) is 93.1 cm³/mol. The molecule has 1 N–H and O–H groups in total. The summed E-state index contributed by atoms with van der Waals surface area (Å²) in [5, 5.41) is 0. The number of fused-ring (bicyclic) bond motifs is 1. The van der Waals surface area contributed by atoms with Crippen LogP contribution in [-0.2, 0) is 24.1 Å². The quantitative estimate of drug-likeness (QED) is 0.739. The number of hydrogen-bond donors (Lipinski definition) is 1. The lowest BCUT2D eigenvalue weighted by atomic mass is 10.3. The van der Waals surface area contributed by atoms with Crippen LogP contribution in [0.25, 0.3) is 11.0 Å². The van der Waals surface area contributed by atoms with Gasteiger partial charge in [0, 0.05) is 18.6 Å². The Hall–Kier alpha value is -2.06. The summed E-state index contributed by atoms with van der Waals surface area (Å²) in [5.41, 5.74) is 1.49. The first-order valence-corrected chi connectivity index (χ1v) is 9.02. The van der Waals surface area contributed by atoms with Crippen molar-refractivity contribution in [1.29, 1.82) is 0 Å². The van der Waals surface area contributed by atoms with Crippen molar-refractivity contribution in [2.24, 2.45) is 14.1 Å². The van der Waals surface area contributed by atoms with E-state index in [-0.39, 0.29) is 10.6 Å². The second-order valence-corrected chi connectivity index (χ2v) is 7.67. The van der Waals surface area contributed by atoms with Crippen molar-refractivity contribution in [3.05, 3.63) is 57.4 Å². The average molecular weight is 396 g/mol. The molecule has 0 amide bonds. The molecule has 0 saturated heterocycles. The number of nitrogens with one attached hydrogen (secondary N) is 1. The second kappa shape index (κ2) is 5.54. The van der Waals surface area contributed by atoms with E-state index in [9.17, 15) is 13.2 Å². The maximum Gasteiger partial charge on any atom is 0.328 e. The van der Waals surface area contributed by atoms with Gasteiger partial charge in [-0.3, -0.25) is 13.9 Å². The summed E-state index contributed by atoms with van der Waals surface area (Å²) >= 11 is 3.31. The predicted octanol–water partition coefficient (Wildman–Crippen LogP) is 2.44. The molecular weight excluding hydrogens is 382 g/mol. The highest BCUT2D eigenvalue weighted by atomic mass is 79.9. The molecule has 23 heavy (non-hydrogen) atoms. The van der Waals surface area contributed by atoms with Gasteiger partial charge in [-0.25, -0.2) is 13.2 Å². The Morgan fingerprint density at radius 2 is 1.65 bits per heavy atom. The standard InChI is InChI=1S/C15H14BrN3O3S/c1-18-13-8-7-10(9-14(13)19(2)15(18)20)23(21,22)17-12-6-4-3-5-11(12)16/h3-9,17H,1-2H3. The third-order valence-corrected chi connectivity index (χ3v) is 5.73. The van der Waals surface area contributed by atoms with Crippen LogP contribution in [-0.4, -0.2) is 17.6 Å². The zero-order chi connectivity index (χ0) is 16.8. The number of sulfonamides is 1. The van der Waals surface area contributed by atoms with Gasteiger partial charge >= 0.3 is 5.69 Å². The van der Waals surface area contributed by atoms with Crippen molar-refractivity contribution in [2.75, 3.05) is 4.72 Å². The summed E-state index contributed by atoms with van der Waals surface area (Å²) in [6.07, 6.45) is 0. The highest BCUT2D eigenvalue weighted by molar-refractivity contribution is 9.10. The molecule has 0 spiro atoms. The van der Waals surface area contributed by atoms with Gasteiger partial charge in [0.1, 0.15) is 0 Å². The summed E-state index contributed by atoms with van der Waals surface area (Å²) in [6, 6.07) is 11.6. The van der Waals surface area contributed by atoms with Crippen molar-refractivity contribution in [1.82, 2.24) is 9.13 Å². The molecule has 6 nitrogen and oxygen atoms in total. The highest BCUT2D eigenvalue weighted by Gasteiger charge is 2.18. The van der Waals surface area contributed by atoms with Gasteiger partial charge in [0.2, 0.25) is 0 Å². The Morgan fingerprint density at radius 1 is 1.00 bits per heavy atom. The maximum atomic E-state index is 12.6. The number of para-hydroxylation sites is 1. The molecule has 0 unspecified atom stereocenters. The van der Waals surface area contributed by atoms with Gasteiger partial charge in [-0.2, -0.15) is 0 Å². The molecule has 0 aliphatic heterocycles. The lowest BCUT2D eigenvalue weighted by Crippen LogP contribution is -2.19. The number of halogens is 1. The Labute approximate surface area is 141 Å². The maximum absolute atomic E-state index is 12.6. The molecule has 0 radical (unpaired) electrons. The van der Waals surface area contributed by atoms with E-state index in [4.69, 9.17) is 0 Å². The van der Waals surface area contributed by atoms with Crippen molar-refractivity contribution < 1.29 is 8.42 Å². The molecule has 1 aromatic heterocycles. The SMILES string of the molecule is Cn1c(=O)n(C)c2cc(S(=O)(=O)Nc3ccccc3Br)ccc21. The number of rotatable bonds is 3. The Kier molecular flexibility index (Phi) is 3.81. The van der Waals surface area contributed by atoms with Gasteiger partial charge in [0.15, 0.2) is 0 Å². The van der Waals surface area contributed by atoms with Crippen molar-refractivity contribution in [3.63, 3.8) is 0 Å². The first kappa shape index (κ1) is 15.8. The van der Waals surface area contributed by atoms with E-state index in [1.165, 1.54) is 21.3 Å². The van der Waals surface area contributed by atoms with Crippen LogP contribution in [0, 0.1) is 0 Å². The monoisotopic (exact) mass is 395 g/mol. The Morgan fingerprint density at radius 3 is 2.35 bits per heavy atom. The zero-order valence-corrected chi connectivity index (χ0v) is 14.8. The fourth-order valence-electron chi connectivity index (χ4n) is 2.40. The fourth-order valence-corrected chi connectivity index (χ4v) is 4.02. The molecule has 0 atom stereocenters. The van der Waals surface area contributed by atoms with Gasteiger partial charge in [0.05, 0.1) is 21.6 Å². The lowest BCUT2D eigenvalue weighted by Gasteiger charge is -2.10. The minimum atomic E-state index is -3.75. The number of aryl methyl sites for hydroxylation is 2. The van der Waals surface area contributed by atoms with Crippen LogP contribution >= 0.6 is 15.9 Å². The Bertz CT molecular complexity index is 1070. The van der Waals surface area contributed by atoms with Crippen molar-refractivity contribution in [2.45, 2.75) is 4.90 Å². The number of imidazole rings is 1. The summed E-state index contributed by atoms with van der Waals surface area (Å²) in [6.45, 7) is 0. The van der Waals surface area contributed by atoms with Crippen LogP contribution in [0.15, 0.2) is 56.6 Å². The minimum absolute atomic E-state index is 0.0990. The van der Waals surface area contributed by atoms with Crippen molar-refractivity contribution >= 4 is 42.7 Å². The number of hydrogen-bond acceptors (Lipinski definition) is 3. The number of anilines is 1. The van der Waals surface area contributed by atoms with Gasteiger partial charge in [-0.1, -0.05) is 12.1 Å². The normalized spacial score (nSPS) is 11.8. The van der Waals surface area contributed by atoms with Crippen LogP contribution in [0.4, 0.5) is 5.69 Å². The zero-order valence-electron chi connectivity index (χ0n) is 12.4. The fraction of sp³-hybridized carbons (Fsp3) is 0.133. The van der Waals surface area contributed by atoms with Gasteiger partial charge in [-0.15, -0.1) is 0 Å². The smallest absolute Gasteiger partial charge is 0.295 e. The molecule has 0 saturated carbocycles. The molecule has 8 heteroatoms. The van der Waals surface area contributed by atoms with E-state index in [0.29, 0.717) is 21.2 Å². The van der Waals surface area contributed by atoms with Crippen LogP contribution < -0.4 is 10.4 Å². The highest BCUT2D eigenvalue weighted by Crippen LogP contribution is 2.25. The van der Waals surface area contributed by atoms with E-state index in [1.807, 2.05) is 0 Å². The molecule has 120 valence electrons. The van der Waals surface area contributed by atoms with E-state index < -0.39 is 10.0 Å². The molecule has 0 aliphatic rings. The second-order valence-electron chi connectivity index (χ2n) is 5.14. The van der Waals surface area contributed by atoms with Gasteiger partial charge in [0.25, 0.3) is 10.0 Å². The third-order valence-electron chi connectivity index (χ3n) is 3.67. The average Bonchev–Trinajstić information content (AvgIpc) is 2.74. The summed E-state index contributed by atoms with van der Waals surface area (Å²) in [4.78, 5) is 12.0. The van der Waals surface area contributed by atoms with E-state index in [1.54, 1.807) is 44.4 Å². The van der Waals surface area contributed by atoms with Gasteiger partial charge < -0.3 is 0 Å². The van der Waals surface area contributed by atoms with E-state index in [0.717, 1.165) is 0 Å². The van der Waals surface area contributed by atoms with E-state index in [2.05, 4.69) is 20.7 Å². The summed E-state index contributed by atoms with van der Waals surface area (Å²) < 4.78 is 31.2. The molecule has 1 heterocycles. The van der Waals surface area contributed by atoms with Crippen molar-refractivity contribution in [3.8, 4) is 0 Å². The van der Waals surface area contributed by atoms with E-state index >= 15 is 0 Å². The van der Waals surface area contributed by atoms with Crippen LogP contribution in [0.1, 0.15) is 0 Å². The molecule has 3 aromatic rings. The van der Waals surface area contributed by atoms with Gasteiger partial charge in [-0.05, 0) is 46.3 Å². The summed E-state index contributed by atoms with van der Waals surface area (Å²) in [5.74, 6) is 0. The molecule has 0 fully saturated rings. The first-order valence-electron chi connectivity index (χ1n) is 6.74.